The number of hydrogen-bond acceptors (Lipinski definition) is 8. The average Bonchev–Trinajstić information content (AvgIpc) is 2.76. The van der Waals surface area contributed by atoms with Crippen molar-refractivity contribution in [3.63, 3.8) is 0 Å². The molecule has 1 aliphatic carbocycles. The number of aliphatic hydroxyl groups excluding tert-OH is 2. The lowest BCUT2D eigenvalue weighted by atomic mass is 9.76. The van der Waals surface area contributed by atoms with Crippen molar-refractivity contribution in [1.29, 1.82) is 0 Å². The number of aliphatic hydroxyl groups is 2. The maximum absolute atomic E-state index is 12.8. The molecule has 2 rings (SSSR count). The number of ketones is 3. The molecule has 0 atom stereocenters. The molecule has 1 aliphatic rings. The number of phenolic OH excluding ortho intramolecular Hbond substituents is 2. The van der Waals surface area contributed by atoms with Crippen LogP contribution in [0.25, 0.3) is 0 Å². The Bertz CT molecular complexity index is 1070. The summed E-state index contributed by atoms with van der Waals surface area (Å²) in [6.45, 7) is 7.80. The maximum atomic E-state index is 12.8. The Morgan fingerprint density at radius 3 is 2.09 bits per heavy atom. The quantitative estimate of drug-likeness (QED) is 0.311. The molecule has 0 aliphatic heterocycles. The SMILES string of the molecule is CCCC(=O)c1c(O)c(CCCC(=O)C2=C(O)C(C)(C)C(O)=C(C)C2=O)c(O)c(C)c1OC. The number of aromatic hydroxyl groups is 2. The van der Waals surface area contributed by atoms with E-state index in [9.17, 15) is 34.8 Å². The van der Waals surface area contributed by atoms with E-state index in [-0.39, 0.29) is 76.7 Å². The minimum absolute atomic E-state index is 0.00120. The summed E-state index contributed by atoms with van der Waals surface area (Å²) >= 11 is 0. The lowest BCUT2D eigenvalue weighted by Gasteiger charge is -2.30. The van der Waals surface area contributed by atoms with E-state index in [1.165, 1.54) is 27.9 Å². The van der Waals surface area contributed by atoms with Crippen LogP contribution in [0.1, 0.15) is 74.9 Å². The average molecular weight is 461 g/mol. The number of carbonyl (C=O) groups excluding carboxylic acids is 3. The highest BCUT2D eigenvalue weighted by Gasteiger charge is 2.42. The summed E-state index contributed by atoms with van der Waals surface area (Å²) in [5, 5.41) is 42.0. The van der Waals surface area contributed by atoms with Gasteiger partial charge in [0.05, 0.1) is 12.5 Å². The van der Waals surface area contributed by atoms with Crippen molar-refractivity contribution in [1.82, 2.24) is 0 Å². The van der Waals surface area contributed by atoms with Crippen molar-refractivity contribution >= 4 is 17.3 Å². The molecule has 8 heteroatoms. The first kappa shape index (κ1) is 26.0. The van der Waals surface area contributed by atoms with Crippen molar-refractivity contribution in [3.05, 3.63) is 39.4 Å². The van der Waals surface area contributed by atoms with Crippen LogP contribution in [0.15, 0.2) is 22.7 Å². The lowest BCUT2D eigenvalue weighted by Crippen LogP contribution is -2.32. The van der Waals surface area contributed by atoms with Crippen LogP contribution in [0, 0.1) is 12.3 Å². The topological polar surface area (TPSA) is 141 Å². The van der Waals surface area contributed by atoms with E-state index < -0.39 is 22.7 Å². The van der Waals surface area contributed by atoms with Gasteiger partial charge in [-0.2, -0.15) is 0 Å². The minimum atomic E-state index is -1.26. The molecule has 180 valence electrons. The molecule has 0 amide bonds. The highest BCUT2D eigenvalue weighted by atomic mass is 16.5. The van der Waals surface area contributed by atoms with Crippen LogP contribution in [0.5, 0.6) is 17.2 Å². The maximum Gasteiger partial charge on any atom is 0.199 e. The van der Waals surface area contributed by atoms with Crippen molar-refractivity contribution in [3.8, 4) is 17.2 Å². The monoisotopic (exact) mass is 460 g/mol. The van der Waals surface area contributed by atoms with Gasteiger partial charge < -0.3 is 25.2 Å². The van der Waals surface area contributed by atoms with Crippen LogP contribution in [0.4, 0.5) is 0 Å². The Labute approximate surface area is 193 Å². The summed E-state index contributed by atoms with van der Waals surface area (Å²) in [5.74, 6) is -2.94. The fourth-order valence-corrected chi connectivity index (χ4v) is 4.10. The predicted molar refractivity (Wildman–Crippen MR) is 122 cm³/mol. The summed E-state index contributed by atoms with van der Waals surface area (Å²) in [5.41, 5.74) is -1.22. The van der Waals surface area contributed by atoms with Gasteiger partial charge >= 0.3 is 0 Å². The first-order chi connectivity index (χ1) is 15.3. The molecule has 8 nitrogen and oxygen atoms in total. The van der Waals surface area contributed by atoms with Crippen molar-refractivity contribution in [2.24, 2.45) is 5.41 Å². The molecule has 0 saturated heterocycles. The van der Waals surface area contributed by atoms with Gasteiger partial charge in [-0.3, -0.25) is 14.4 Å². The second-order valence-electron chi connectivity index (χ2n) is 8.81. The Hall–Kier alpha value is -3.29. The molecule has 33 heavy (non-hydrogen) atoms. The zero-order valence-corrected chi connectivity index (χ0v) is 20.0. The van der Waals surface area contributed by atoms with Crippen LogP contribution in [-0.4, -0.2) is 44.9 Å². The zero-order chi connectivity index (χ0) is 25.2. The van der Waals surface area contributed by atoms with Gasteiger partial charge in [-0.1, -0.05) is 6.92 Å². The third-order valence-corrected chi connectivity index (χ3v) is 6.14. The van der Waals surface area contributed by atoms with Crippen LogP contribution in [-0.2, 0) is 16.0 Å². The van der Waals surface area contributed by atoms with Gasteiger partial charge in [0.2, 0.25) is 0 Å². The summed E-state index contributed by atoms with van der Waals surface area (Å²) < 4.78 is 5.25. The Balaban J connectivity index is 2.33. The van der Waals surface area contributed by atoms with Crippen LogP contribution in [0.2, 0.25) is 0 Å². The number of phenols is 2. The molecule has 4 N–H and O–H groups in total. The summed E-state index contributed by atoms with van der Waals surface area (Å²) in [6.07, 6.45) is 0.783. The smallest absolute Gasteiger partial charge is 0.199 e. The molecule has 0 heterocycles. The number of ether oxygens (including phenoxy) is 1. The number of carbonyl (C=O) groups is 3. The third kappa shape index (κ3) is 4.47. The van der Waals surface area contributed by atoms with E-state index in [1.54, 1.807) is 6.92 Å². The molecule has 1 aromatic rings. The van der Waals surface area contributed by atoms with E-state index in [4.69, 9.17) is 4.74 Å². The third-order valence-electron chi connectivity index (χ3n) is 6.14. The number of Topliss-reactive ketones (excluding diaryl/α,β-unsaturated/α-hetero) is 3. The van der Waals surface area contributed by atoms with Gasteiger partial charge in [-0.25, -0.2) is 0 Å². The van der Waals surface area contributed by atoms with E-state index in [1.807, 2.05) is 6.92 Å². The molecule has 0 unspecified atom stereocenters. The molecule has 0 fully saturated rings. The minimum Gasteiger partial charge on any atom is -0.511 e. The molecule has 0 radical (unpaired) electrons. The standard InChI is InChI=1S/C25H32O8/c1-7-9-15(26)17-21(30)14(19(28)12(2)22(17)33-6)10-8-11-16(27)18-20(29)13(3)23(31)25(4,5)24(18)32/h28,30-32H,7-11H2,1-6H3. The zero-order valence-electron chi connectivity index (χ0n) is 20.0. The molecular formula is C25H32O8. The Kier molecular flexibility index (Phi) is 7.62. The van der Waals surface area contributed by atoms with E-state index in [0.717, 1.165) is 0 Å². The van der Waals surface area contributed by atoms with Gasteiger partial charge in [-0.05, 0) is 47.0 Å². The highest BCUT2D eigenvalue weighted by Crippen LogP contribution is 2.44. The number of methoxy groups -OCH3 is 1. The fraction of sp³-hybridized carbons (Fsp3) is 0.480. The van der Waals surface area contributed by atoms with Gasteiger partial charge in [0, 0.05) is 29.5 Å². The largest absolute Gasteiger partial charge is 0.511 e. The highest BCUT2D eigenvalue weighted by molar-refractivity contribution is 6.27. The van der Waals surface area contributed by atoms with Crippen molar-refractivity contribution < 1.29 is 39.5 Å². The Morgan fingerprint density at radius 2 is 1.55 bits per heavy atom. The van der Waals surface area contributed by atoms with E-state index >= 15 is 0 Å². The second-order valence-corrected chi connectivity index (χ2v) is 8.81. The van der Waals surface area contributed by atoms with Gasteiger partial charge in [-0.15, -0.1) is 0 Å². The number of benzene rings is 1. The normalized spacial score (nSPS) is 15.8. The van der Waals surface area contributed by atoms with Crippen LogP contribution < -0.4 is 4.74 Å². The first-order valence-electron chi connectivity index (χ1n) is 10.9. The van der Waals surface area contributed by atoms with Crippen molar-refractivity contribution in [2.45, 2.75) is 66.7 Å². The summed E-state index contributed by atoms with van der Waals surface area (Å²) in [4.78, 5) is 37.9. The lowest BCUT2D eigenvalue weighted by molar-refractivity contribution is -0.120. The second kappa shape index (κ2) is 9.68. The van der Waals surface area contributed by atoms with E-state index in [2.05, 4.69) is 0 Å². The first-order valence-corrected chi connectivity index (χ1v) is 10.9. The van der Waals surface area contributed by atoms with Crippen LogP contribution in [0.3, 0.4) is 0 Å². The number of allylic oxidation sites excluding steroid dienone is 2. The molecule has 0 aromatic heterocycles. The number of rotatable bonds is 9. The van der Waals surface area contributed by atoms with Crippen molar-refractivity contribution in [2.75, 3.05) is 7.11 Å². The summed E-state index contributed by atoms with van der Waals surface area (Å²) in [7, 11) is 1.35. The van der Waals surface area contributed by atoms with Gasteiger partial charge in [0.25, 0.3) is 0 Å². The Morgan fingerprint density at radius 1 is 0.939 bits per heavy atom. The van der Waals surface area contributed by atoms with Crippen LogP contribution >= 0.6 is 0 Å². The molecule has 0 bridgehead atoms. The number of hydrogen-bond donors (Lipinski definition) is 4. The molecule has 0 spiro atoms. The molecule has 0 saturated carbocycles. The fourth-order valence-electron chi connectivity index (χ4n) is 4.10. The van der Waals surface area contributed by atoms with Gasteiger partial charge in [0.15, 0.2) is 17.3 Å². The van der Waals surface area contributed by atoms with Gasteiger partial charge in [0.1, 0.15) is 39.9 Å². The molecular weight excluding hydrogens is 428 g/mol. The van der Waals surface area contributed by atoms with E-state index in [0.29, 0.717) is 12.0 Å². The summed E-state index contributed by atoms with van der Waals surface area (Å²) in [6, 6.07) is 0. The predicted octanol–water partition coefficient (Wildman–Crippen LogP) is 4.54. The molecule has 1 aromatic carbocycles.